The maximum atomic E-state index is 13.8. The van der Waals surface area contributed by atoms with Crippen LogP contribution in [0.5, 0.6) is 0 Å². The summed E-state index contributed by atoms with van der Waals surface area (Å²) in [6, 6.07) is -7.48. The van der Waals surface area contributed by atoms with Crippen LogP contribution < -0.4 is 21.3 Å². The number of carbonyl (C=O) groups excluding carboxylic acids is 4. The summed E-state index contributed by atoms with van der Waals surface area (Å²) in [6.45, 7) is 1.06. The van der Waals surface area contributed by atoms with Gasteiger partial charge in [0.2, 0.25) is 23.6 Å². The van der Waals surface area contributed by atoms with Crippen LogP contribution in [-0.4, -0.2) is 516 Å². The van der Waals surface area contributed by atoms with Crippen LogP contribution in [0.25, 0.3) is 0 Å². The molecular formula is C74H124N4O50. The Morgan fingerprint density at radius 2 is 0.711 bits per heavy atom. The maximum Gasteiger partial charge on any atom is 0.364 e. The molecule has 30 N–H and O–H groups in total. The first-order valence-corrected chi connectivity index (χ1v) is 41.6. The van der Waals surface area contributed by atoms with Crippen molar-refractivity contribution in [3.63, 3.8) is 0 Å². The number of hydrogen-bond donors (Lipinski definition) is 30. The molecule has 1 unspecified atom stereocenters. The van der Waals surface area contributed by atoms with Crippen molar-refractivity contribution in [3.05, 3.63) is 0 Å². The Morgan fingerprint density at radius 1 is 0.344 bits per heavy atom. The number of carbonyl (C=O) groups is 5. The van der Waals surface area contributed by atoms with Crippen molar-refractivity contribution in [1.82, 2.24) is 21.3 Å². The number of aliphatic hydroxyl groups excluding tert-OH is 25. The van der Waals surface area contributed by atoms with Gasteiger partial charge >= 0.3 is 5.97 Å². The molecule has 51 atom stereocenters. The van der Waals surface area contributed by atoms with Crippen molar-refractivity contribution in [2.24, 2.45) is 17.8 Å². The van der Waals surface area contributed by atoms with Crippen LogP contribution in [0.1, 0.15) is 61.8 Å². The van der Waals surface area contributed by atoms with Crippen LogP contribution in [-0.2, 0) is 114 Å². The number of nitrogens with one attached hydrogen (secondary N) is 4. The average molecular weight is 1870 g/mol. The number of hydrogen-bond acceptors (Lipinski definition) is 49. The van der Waals surface area contributed by atoms with Gasteiger partial charge in [-0.3, -0.25) is 19.2 Å². The summed E-state index contributed by atoms with van der Waals surface area (Å²) in [6.07, 6.45) is -89.1. The van der Waals surface area contributed by atoms with Gasteiger partial charge < -0.3 is 244 Å². The monoisotopic (exact) mass is 1870 g/mol. The number of carboxylic acid groups (broad SMARTS) is 1. The highest BCUT2D eigenvalue weighted by atomic mass is 16.8. The molecule has 0 saturated carbocycles. The van der Waals surface area contributed by atoms with E-state index in [1.165, 1.54) is 0 Å². The smallest absolute Gasteiger partial charge is 0.364 e. The van der Waals surface area contributed by atoms with Gasteiger partial charge in [0.25, 0.3) is 5.79 Å². The molecule has 4 amide bonds. The van der Waals surface area contributed by atoms with Gasteiger partial charge in [-0.25, -0.2) is 4.79 Å². The second-order valence-electron chi connectivity index (χ2n) is 33.5. The summed E-state index contributed by atoms with van der Waals surface area (Å²) in [7, 11) is 0. The molecule has 10 heterocycles. The maximum absolute atomic E-state index is 13.8. The van der Waals surface area contributed by atoms with Crippen molar-refractivity contribution in [1.29, 1.82) is 0 Å². The number of aliphatic hydroxyl groups is 25. The van der Waals surface area contributed by atoms with E-state index in [4.69, 9.17) is 90.0 Å². The van der Waals surface area contributed by atoms with Gasteiger partial charge in [0.1, 0.15) is 213 Å². The van der Waals surface area contributed by atoms with E-state index in [0.717, 1.165) is 27.7 Å². The van der Waals surface area contributed by atoms with Crippen molar-refractivity contribution < 1.29 is 247 Å². The summed E-state index contributed by atoms with van der Waals surface area (Å²) >= 11 is 0. The van der Waals surface area contributed by atoms with E-state index in [0.29, 0.717) is 0 Å². The fraction of sp³-hybridized carbons (Fsp3) is 0.932. The van der Waals surface area contributed by atoms with E-state index in [9.17, 15) is 157 Å². The normalized spacial score (nSPS) is 48.4. The van der Waals surface area contributed by atoms with Crippen molar-refractivity contribution in [2.45, 2.75) is 356 Å². The number of ether oxygens (including phenoxy) is 19. The molecule has 10 aliphatic heterocycles. The topological polar surface area (TPSA) is 835 Å². The van der Waals surface area contributed by atoms with Crippen molar-refractivity contribution in [3.8, 4) is 0 Å². The van der Waals surface area contributed by atoms with Gasteiger partial charge in [-0.15, -0.1) is 0 Å². The highest BCUT2D eigenvalue weighted by Crippen LogP contribution is 2.45. The minimum Gasteiger partial charge on any atom is -0.477 e. The van der Waals surface area contributed by atoms with E-state index in [-0.39, 0.29) is 11.8 Å². The van der Waals surface area contributed by atoms with Gasteiger partial charge in [0.15, 0.2) is 56.6 Å². The van der Waals surface area contributed by atoms with Gasteiger partial charge in [0, 0.05) is 40.0 Å². The Labute approximate surface area is 728 Å². The zero-order valence-electron chi connectivity index (χ0n) is 70.4. The van der Waals surface area contributed by atoms with Gasteiger partial charge in [-0.05, 0) is 18.8 Å². The van der Waals surface area contributed by atoms with Crippen LogP contribution in [0.4, 0.5) is 0 Å². The second kappa shape index (κ2) is 45.5. The highest BCUT2D eigenvalue weighted by Gasteiger charge is 2.64. The molecule has 10 aliphatic rings. The molecule has 0 aromatic heterocycles. The lowest BCUT2D eigenvalue weighted by Crippen LogP contribution is -2.72. The quantitative estimate of drug-likeness (QED) is 0.0284. The molecule has 0 radical (unpaired) electrons. The van der Waals surface area contributed by atoms with Crippen molar-refractivity contribution >= 4 is 29.6 Å². The third kappa shape index (κ3) is 22.9. The van der Waals surface area contributed by atoms with E-state index in [1.54, 1.807) is 13.8 Å². The molecule has 0 bridgehead atoms. The lowest BCUT2D eigenvalue weighted by Gasteiger charge is -2.53. The first-order valence-electron chi connectivity index (χ1n) is 41.6. The van der Waals surface area contributed by atoms with Gasteiger partial charge in [-0.2, -0.15) is 0 Å². The molecule has 54 heteroatoms. The number of aliphatic carboxylic acids is 1. The summed E-state index contributed by atoms with van der Waals surface area (Å²) in [5.41, 5.74) is 0. The SMILES string of the molecule is CC(=O)N[C@H]1[C@H](O[C@H]2[C@@H](O)[C@@H](CO)O[C@@H](O[C@H]3[C@H](O)[C@@H](NC(C)=O)[C@H](OC[C@H]4O[C@@H](O[C@H]5[C@H](O[C@@H]6O[C@H](CO)[C@@H](O)[C@H](O[C@@H]7O[C@H](CO)[C@H](O[C@H]8O[C@@H](C)[C@@H](C)[C@@H](C)[C@@H]8C)[C@H](O[C@]8(C(=O)O)C[C@H](O)[C@@H](NC(C)=O)[C@H]([C@H](O)[C@H](O)CO)O8)[C@H]7O)[C@H]6NC(C)=O)[C@@H](O)C(O)O[C@@H]5CO)[C@H](O)[C@@H](O)[C@H]4O)O[C@@H]3CO)[C@@H]2O)O[C@H](CO)[C@@H](O[C@@H]2O[C@H](CO)[C@H](O)[C@H](O)[C@H]2O)[C@@H]1O. The molecule has 0 aromatic carbocycles. The minimum absolute atomic E-state index is 0.101. The molecule has 54 nitrogen and oxygen atoms in total. The van der Waals surface area contributed by atoms with Crippen LogP contribution in [0.3, 0.4) is 0 Å². The van der Waals surface area contributed by atoms with E-state index in [1.807, 2.05) is 13.8 Å². The zero-order valence-corrected chi connectivity index (χ0v) is 70.4. The van der Waals surface area contributed by atoms with E-state index < -0.39 is 395 Å². The Morgan fingerprint density at radius 3 is 1.22 bits per heavy atom. The fourth-order valence-corrected chi connectivity index (χ4v) is 17.3. The molecule has 0 aliphatic carbocycles. The van der Waals surface area contributed by atoms with Gasteiger partial charge in [-0.1, -0.05) is 20.8 Å². The lowest BCUT2D eigenvalue weighted by molar-refractivity contribution is -0.401. The molecule has 10 rings (SSSR count). The molecule has 0 spiro atoms. The molecule has 128 heavy (non-hydrogen) atoms. The molecule has 10 saturated heterocycles. The Kier molecular flexibility index (Phi) is 37.6. The van der Waals surface area contributed by atoms with Crippen LogP contribution in [0.15, 0.2) is 0 Å². The standard InChI is InChI=1S/C74H124N4O50/c1-19-20(2)22(4)111-65(21(19)3)122-58-35(17-86)118-72(54(106)63(58)128-74(73(108)109)9-27(91)37(75-23(5)87)60(127-74)41(93)28(92)10-79)124-59-40(78-26(8)90)68(113-30(12-81)44(59)96)126-62-52(104)64(107)112-34(16-85)57(62)123-70-51(103)49(101)43(95)36(119-70)18-110-66-38(76-24(6)88)46(98)55(32(14-83)116-66)121-71-53(105)61(45(97)31(13-82)115-71)125-67-39(77-25(7)89)47(99)56(33(15-84)117-67)120-69-50(102)48(100)42(94)29(11-80)114-69/h19-22,27-72,79-86,91-107H,9-18H2,1-8H3,(H,75,87)(H,76,88)(H,77,89)(H,78,90)(H,108,109)/t19-,20+,21+,22+,27+,28-,29-,30-,31-,32-,33-,34-,35-,36-,37-,38-,39-,40-,41-,42+,43+,44-,45+,46-,47-,48+,49+,50-,51-,52-,53-,54-,55-,56-,57-,58+,59-,60-,61+,62-,63-,64?,65-,66-,67+,68+,69+,70+,71+,72+,74+/m1/s1. The predicted molar refractivity (Wildman–Crippen MR) is 401 cm³/mol. The van der Waals surface area contributed by atoms with Crippen molar-refractivity contribution in [2.75, 3.05) is 59.5 Å². The van der Waals surface area contributed by atoms with E-state index in [2.05, 4.69) is 21.3 Å². The average Bonchev–Trinajstić information content (AvgIpc) is 0.750. The molecular weight excluding hydrogens is 1740 g/mol. The number of carboxylic acids is 1. The Bertz CT molecular complexity index is 3530. The lowest BCUT2D eigenvalue weighted by atomic mass is 9.79. The van der Waals surface area contributed by atoms with Crippen LogP contribution in [0.2, 0.25) is 0 Å². The largest absolute Gasteiger partial charge is 0.477 e. The van der Waals surface area contributed by atoms with Crippen LogP contribution in [0, 0.1) is 17.8 Å². The predicted octanol–water partition coefficient (Wildman–Crippen LogP) is -18.2. The first-order chi connectivity index (χ1) is 60.4. The Hall–Kier alpha value is -4.41. The highest BCUT2D eigenvalue weighted by molar-refractivity contribution is 5.77. The third-order valence-electron chi connectivity index (χ3n) is 24.8. The first kappa shape index (κ1) is 106. The Balaban J connectivity index is 0.876. The number of rotatable bonds is 34. The third-order valence-corrected chi connectivity index (χ3v) is 24.8. The fourth-order valence-electron chi connectivity index (χ4n) is 17.3. The molecule has 740 valence electrons. The number of amides is 4. The molecule has 10 fully saturated rings. The van der Waals surface area contributed by atoms with Gasteiger partial charge in [0.05, 0.1) is 77.7 Å². The minimum atomic E-state index is -3.29. The summed E-state index contributed by atoms with van der Waals surface area (Å²) in [4.78, 5) is 65.4. The van der Waals surface area contributed by atoms with E-state index >= 15 is 0 Å². The van der Waals surface area contributed by atoms with Crippen LogP contribution >= 0.6 is 0 Å². The summed E-state index contributed by atoms with van der Waals surface area (Å²) in [5.74, 6) is -9.89. The summed E-state index contributed by atoms with van der Waals surface area (Å²) < 4.78 is 114. The summed E-state index contributed by atoms with van der Waals surface area (Å²) in [5, 5.41) is 301. The second-order valence-corrected chi connectivity index (χ2v) is 33.5. The zero-order chi connectivity index (χ0) is 94.6. The molecule has 0 aromatic rings.